The SMILES string of the molecule is C=C(C)[C@@H]1CC[C@]2(N3CC3)CC[C@]3(C)[C@H](CCC4[C@@]5(C)CCC(=O)C(C)(C)C5CC[C@]43C)C12. The highest BCUT2D eigenvalue weighted by molar-refractivity contribution is 5.85. The van der Waals surface area contributed by atoms with Crippen molar-refractivity contribution in [3.05, 3.63) is 12.2 Å². The molecule has 0 amide bonds. The Labute approximate surface area is 203 Å². The van der Waals surface area contributed by atoms with Crippen molar-refractivity contribution in [1.82, 2.24) is 4.90 Å². The maximum absolute atomic E-state index is 13.0. The van der Waals surface area contributed by atoms with E-state index in [2.05, 4.69) is 53.0 Å². The van der Waals surface area contributed by atoms with Gasteiger partial charge in [-0.15, -0.1) is 0 Å². The summed E-state index contributed by atoms with van der Waals surface area (Å²) in [4.78, 5) is 15.8. The van der Waals surface area contributed by atoms with E-state index in [1.165, 1.54) is 70.0 Å². The predicted molar refractivity (Wildman–Crippen MR) is 136 cm³/mol. The van der Waals surface area contributed by atoms with E-state index in [1.807, 2.05) is 0 Å². The van der Waals surface area contributed by atoms with Crippen LogP contribution in [0, 0.1) is 51.2 Å². The average Bonchev–Trinajstić information content (AvgIpc) is 3.52. The normalized spacial score (nSPS) is 55.2. The molecule has 1 heterocycles. The topological polar surface area (TPSA) is 20.1 Å². The highest BCUT2D eigenvalue weighted by Gasteiger charge is 2.72. The van der Waals surface area contributed by atoms with Gasteiger partial charge in [-0.1, -0.05) is 46.8 Å². The molecule has 3 unspecified atom stereocenters. The van der Waals surface area contributed by atoms with Gasteiger partial charge in [-0.25, -0.2) is 0 Å². The largest absolute Gasteiger partial charge is 0.299 e. The molecule has 6 aliphatic rings. The Kier molecular flexibility index (Phi) is 4.68. The van der Waals surface area contributed by atoms with Gasteiger partial charge >= 0.3 is 0 Å². The maximum Gasteiger partial charge on any atom is 0.138 e. The van der Waals surface area contributed by atoms with Crippen molar-refractivity contribution in [2.45, 2.75) is 111 Å². The van der Waals surface area contributed by atoms with E-state index in [9.17, 15) is 4.79 Å². The maximum atomic E-state index is 13.0. The van der Waals surface area contributed by atoms with Crippen molar-refractivity contribution < 1.29 is 4.79 Å². The Morgan fingerprint density at radius 1 is 0.848 bits per heavy atom. The van der Waals surface area contributed by atoms with E-state index in [4.69, 9.17) is 0 Å². The lowest BCUT2D eigenvalue weighted by Gasteiger charge is -2.72. The van der Waals surface area contributed by atoms with E-state index in [0.29, 0.717) is 33.5 Å². The number of ketones is 1. The lowest BCUT2D eigenvalue weighted by atomic mass is 9.32. The second kappa shape index (κ2) is 6.77. The third kappa shape index (κ3) is 2.63. The first-order valence-electron chi connectivity index (χ1n) is 14.4. The molecule has 0 bridgehead atoms. The number of nitrogens with zero attached hydrogens (tertiary/aromatic N) is 1. The number of hydrogen-bond acceptors (Lipinski definition) is 2. The van der Waals surface area contributed by atoms with E-state index >= 15 is 0 Å². The number of carbonyl (C=O) groups excluding carboxylic acids is 1. The Bertz CT molecular complexity index is 885. The number of carbonyl (C=O) groups is 1. The third-order valence-electron chi connectivity index (χ3n) is 13.8. The second-order valence-electron chi connectivity index (χ2n) is 14.9. The lowest BCUT2D eigenvalue weighted by molar-refractivity contribution is -0.231. The van der Waals surface area contributed by atoms with Crippen LogP contribution in [0.1, 0.15) is 106 Å². The summed E-state index contributed by atoms with van der Waals surface area (Å²) in [5.74, 6) is 4.27. The zero-order valence-corrected chi connectivity index (χ0v) is 22.4. The number of allylic oxidation sites excluding steroid dienone is 1. The molecule has 0 aromatic heterocycles. The van der Waals surface area contributed by atoms with Crippen molar-refractivity contribution in [2.75, 3.05) is 13.1 Å². The number of hydrogen-bond donors (Lipinski definition) is 0. The fourth-order valence-electron chi connectivity index (χ4n) is 11.9. The standard InChI is InChI=1S/C31H49NO/c1-20(2)21-10-15-31(32-18-19-32)17-16-29(6)22(26(21)31)8-9-24-28(5)13-12-25(33)27(3,4)23(28)11-14-30(24,29)7/h21-24,26H,1,8-19H2,2-7H3/t21-,22+,23?,24?,26?,28-,29+,30+,31-/m0/s1. The summed E-state index contributed by atoms with van der Waals surface area (Å²) >= 11 is 0. The van der Waals surface area contributed by atoms with E-state index < -0.39 is 0 Å². The molecule has 0 aromatic carbocycles. The summed E-state index contributed by atoms with van der Waals surface area (Å²) in [7, 11) is 0. The molecule has 5 saturated carbocycles. The average molecular weight is 452 g/mol. The van der Waals surface area contributed by atoms with Crippen LogP contribution in [0.3, 0.4) is 0 Å². The first-order chi connectivity index (χ1) is 15.4. The summed E-state index contributed by atoms with van der Waals surface area (Å²) in [6, 6.07) is 0. The number of Topliss-reactive ketones (excluding diaryl/α,β-unsaturated/α-hetero) is 1. The minimum Gasteiger partial charge on any atom is -0.299 e. The molecule has 0 spiro atoms. The Balaban J connectivity index is 1.40. The molecular weight excluding hydrogens is 402 g/mol. The van der Waals surface area contributed by atoms with Crippen molar-refractivity contribution >= 4 is 5.78 Å². The van der Waals surface area contributed by atoms with Gasteiger partial charge < -0.3 is 0 Å². The molecule has 2 nitrogen and oxygen atoms in total. The highest BCUT2D eigenvalue weighted by Crippen LogP contribution is 2.76. The molecule has 0 N–H and O–H groups in total. The van der Waals surface area contributed by atoms with Crippen LogP contribution in [0.4, 0.5) is 0 Å². The van der Waals surface area contributed by atoms with Crippen molar-refractivity contribution in [3.63, 3.8) is 0 Å². The second-order valence-corrected chi connectivity index (χ2v) is 14.9. The van der Waals surface area contributed by atoms with Gasteiger partial charge in [-0.2, -0.15) is 0 Å². The minimum absolute atomic E-state index is 0.135. The smallest absolute Gasteiger partial charge is 0.138 e. The Hall–Kier alpha value is -0.630. The quantitative estimate of drug-likeness (QED) is 0.325. The lowest BCUT2D eigenvalue weighted by Crippen LogP contribution is -2.67. The van der Waals surface area contributed by atoms with Gasteiger partial charge in [0.05, 0.1) is 0 Å². The molecule has 5 aliphatic carbocycles. The molecule has 2 heteroatoms. The van der Waals surface area contributed by atoms with Gasteiger partial charge in [-0.3, -0.25) is 9.69 Å². The molecular formula is C31H49NO. The molecule has 184 valence electrons. The van der Waals surface area contributed by atoms with Crippen molar-refractivity contribution in [2.24, 2.45) is 51.2 Å². The zero-order valence-electron chi connectivity index (χ0n) is 22.4. The summed E-state index contributed by atoms with van der Waals surface area (Å²) in [6.07, 6.45) is 13.0. The van der Waals surface area contributed by atoms with E-state index in [-0.39, 0.29) is 5.41 Å². The Morgan fingerprint density at radius 3 is 2.24 bits per heavy atom. The summed E-state index contributed by atoms with van der Waals surface area (Å²) in [5.41, 5.74) is 2.98. The fraction of sp³-hybridized carbons (Fsp3) is 0.903. The van der Waals surface area contributed by atoms with Crippen molar-refractivity contribution in [1.29, 1.82) is 0 Å². The third-order valence-corrected chi connectivity index (χ3v) is 13.8. The molecule has 1 saturated heterocycles. The predicted octanol–water partition coefficient (Wildman–Crippen LogP) is 7.28. The minimum atomic E-state index is -0.135. The molecule has 9 atom stereocenters. The van der Waals surface area contributed by atoms with E-state index in [1.54, 1.807) is 0 Å². The van der Waals surface area contributed by atoms with Crippen LogP contribution in [-0.2, 0) is 4.79 Å². The van der Waals surface area contributed by atoms with Crippen LogP contribution in [0.25, 0.3) is 0 Å². The van der Waals surface area contributed by atoms with Crippen LogP contribution in [0.15, 0.2) is 12.2 Å². The summed E-state index contributed by atoms with van der Waals surface area (Å²) in [6.45, 7) is 22.2. The molecule has 0 radical (unpaired) electrons. The summed E-state index contributed by atoms with van der Waals surface area (Å²) < 4.78 is 0. The monoisotopic (exact) mass is 451 g/mol. The first-order valence-corrected chi connectivity index (χ1v) is 14.4. The van der Waals surface area contributed by atoms with Gasteiger partial charge in [0.25, 0.3) is 0 Å². The summed E-state index contributed by atoms with van der Waals surface area (Å²) in [5, 5.41) is 0. The van der Waals surface area contributed by atoms with Gasteiger partial charge in [0.15, 0.2) is 0 Å². The zero-order chi connectivity index (χ0) is 23.6. The number of fused-ring (bicyclic) bond motifs is 7. The molecule has 6 rings (SSSR count). The van der Waals surface area contributed by atoms with Crippen LogP contribution in [-0.4, -0.2) is 29.3 Å². The fourth-order valence-corrected chi connectivity index (χ4v) is 11.9. The molecule has 1 aliphatic heterocycles. The first kappa shape index (κ1) is 22.8. The Morgan fingerprint density at radius 2 is 1.58 bits per heavy atom. The van der Waals surface area contributed by atoms with Crippen LogP contribution in [0.5, 0.6) is 0 Å². The molecule has 6 fully saturated rings. The van der Waals surface area contributed by atoms with Crippen molar-refractivity contribution in [3.8, 4) is 0 Å². The van der Waals surface area contributed by atoms with Gasteiger partial charge in [0, 0.05) is 30.5 Å². The molecule has 0 aromatic rings. The number of rotatable bonds is 2. The van der Waals surface area contributed by atoms with E-state index in [0.717, 1.165) is 36.5 Å². The molecule has 33 heavy (non-hydrogen) atoms. The van der Waals surface area contributed by atoms with Gasteiger partial charge in [0.1, 0.15) is 5.78 Å². The van der Waals surface area contributed by atoms with Gasteiger partial charge in [-0.05, 0) is 111 Å². The van der Waals surface area contributed by atoms with Crippen LogP contribution in [0.2, 0.25) is 0 Å². The van der Waals surface area contributed by atoms with Crippen LogP contribution >= 0.6 is 0 Å². The van der Waals surface area contributed by atoms with Crippen LogP contribution < -0.4 is 0 Å². The highest BCUT2D eigenvalue weighted by atomic mass is 16.1. The van der Waals surface area contributed by atoms with Gasteiger partial charge in [0.2, 0.25) is 0 Å².